The van der Waals surface area contributed by atoms with E-state index in [0.29, 0.717) is 55.0 Å². The van der Waals surface area contributed by atoms with E-state index in [1.54, 1.807) is 0 Å². The topological polar surface area (TPSA) is 14.8 Å². The molecule has 0 aliphatic carbocycles. The average molecular weight is 787 g/mol. The van der Waals surface area contributed by atoms with Gasteiger partial charge in [-0.1, -0.05) is 121 Å². The highest BCUT2D eigenvalue weighted by Gasteiger charge is 2.29. The van der Waals surface area contributed by atoms with Crippen molar-refractivity contribution in [1.29, 1.82) is 0 Å². The van der Waals surface area contributed by atoms with Crippen molar-refractivity contribution >= 4 is 252 Å². The van der Waals surface area contributed by atoms with E-state index in [2.05, 4.69) is 22.8 Å². The first-order chi connectivity index (χ1) is 31.2. The lowest BCUT2D eigenvalue weighted by Crippen LogP contribution is -2.48. The standard InChI is InChI=1S/C48H17B14N3/c49-30-24(32(51)40(59)45-26(30)28-34(53)36(55)38(57)42(61)46(28)64(45)19-12-5-2-6-13-19)25-31(50)27-29-35(54)37(56)39(58)43(62)48(29)65(47(27)41(60)33(25)52)23-17-9-15-21-20-14-7-8-16-22(20)63(44(21)23)18-10-3-1-4-11-18/h1-17H. The molecular weight excluding hydrogens is 770 g/mol. The third kappa shape index (κ3) is 5.45. The maximum Gasteiger partial charge on any atom is 0.115 e. The van der Waals surface area contributed by atoms with E-state index in [0.717, 1.165) is 27.5 Å². The van der Waals surface area contributed by atoms with E-state index in [9.17, 15) is 0 Å². The first kappa shape index (κ1) is 41.8. The molecule has 11 aromatic rings. The summed E-state index contributed by atoms with van der Waals surface area (Å²) in [5, 5.41) is 3.47. The zero-order valence-electron chi connectivity index (χ0n) is 34.7. The van der Waals surface area contributed by atoms with Gasteiger partial charge in [0.2, 0.25) is 0 Å². The van der Waals surface area contributed by atoms with Crippen LogP contribution in [0.15, 0.2) is 103 Å². The number of fused-ring (bicyclic) bond motifs is 9. The maximum atomic E-state index is 7.46. The number of hydrogen-bond donors (Lipinski definition) is 0. The van der Waals surface area contributed by atoms with E-state index < -0.39 is 0 Å². The van der Waals surface area contributed by atoms with Crippen LogP contribution in [0.4, 0.5) is 0 Å². The molecule has 11 rings (SSSR count). The van der Waals surface area contributed by atoms with Crippen molar-refractivity contribution in [1.82, 2.24) is 13.7 Å². The van der Waals surface area contributed by atoms with Gasteiger partial charge in [0.05, 0.1) is 16.7 Å². The Kier molecular flexibility index (Phi) is 9.50. The van der Waals surface area contributed by atoms with Crippen molar-refractivity contribution in [3.05, 3.63) is 103 Å². The van der Waals surface area contributed by atoms with Crippen LogP contribution in [0.5, 0.6) is 0 Å². The van der Waals surface area contributed by atoms with E-state index in [-0.39, 0.29) is 87.6 Å². The van der Waals surface area contributed by atoms with Gasteiger partial charge in [0.25, 0.3) is 0 Å². The Labute approximate surface area is 394 Å². The molecule has 0 N–H and O–H groups in total. The summed E-state index contributed by atoms with van der Waals surface area (Å²) in [5.41, 5.74) is 7.36. The van der Waals surface area contributed by atoms with Gasteiger partial charge in [-0.25, -0.2) is 0 Å². The molecule has 0 saturated carbocycles. The van der Waals surface area contributed by atoms with Crippen molar-refractivity contribution < 1.29 is 0 Å². The largest absolute Gasteiger partial charge is 0.311 e. The van der Waals surface area contributed by atoms with Gasteiger partial charge in [-0.2, -0.15) is 0 Å². The summed E-state index contributed by atoms with van der Waals surface area (Å²) >= 11 is 0. The summed E-state index contributed by atoms with van der Waals surface area (Å²) in [4.78, 5) is 0. The fraction of sp³-hybridized carbons (Fsp3) is 0. The number of hydrogen-bond acceptors (Lipinski definition) is 0. The van der Waals surface area contributed by atoms with Crippen LogP contribution in [0.25, 0.3) is 93.6 Å². The summed E-state index contributed by atoms with van der Waals surface area (Å²) in [6.07, 6.45) is 0. The van der Waals surface area contributed by atoms with E-state index in [1.165, 1.54) is 0 Å². The number of aromatic nitrogens is 3. The molecular formula is C48H17B14N3. The van der Waals surface area contributed by atoms with Crippen LogP contribution < -0.4 is 76.5 Å². The van der Waals surface area contributed by atoms with Gasteiger partial charge in [0.1, 0.15) is 110 Å². The molecule has 266 valence electrons. The molecule has 0 aliphatic rings. The third-order valence-electron chi connectivity index (χ3n) is 13.0. The Hall–Kier alpha value is -5.93. The molecule has 0 amide bonds. The maximum absolute atomic E-state index is 7.46. The lowest BCUT2D eigenvalue weighted by molar-refractivity contribution is 1.13. The number of para-hydroxylation sites is 4. The van der Waals surface area contributed by atoms with Gasteiger partial charge in [-0.3, -0.25) is 0 Å². The number of nitrogens with zero attached hydrogens (tertiary/aromatic N) is 3. The molecule has 8 aromatic carbocycles. The molecule has 3 aromatic heterocycles. The summed E-state index contributed by atoms with van der Waals surface area (Å²) in [5.74, 6) is 0. The van der Waals surface area contributed by atoms with Gasteiger partial charge in [-0.05, 0) is 58.3 Å². The Balaban J connectivity index is 1.34. The summed E-state index contributed by atoms with van der Waals surface area (Å²) < 4.78 is 5.88. The lowest BCUT2D eigenvalue weighted by atomic mass is 9.61. The van der Waals surface area contributed by atoms with Gasteiger partial charge in [-0.15, -0.1) is 21.9 Å². The van der Waals surface area contributed by atoms with E-state index in [1.807, 2.05) is 94.1 Å². The van der Waals surface area contributed by atoms with Crippen molar-refractivity contribution in [3.8, 4) is 28.2 Å². The fourth-order valence-corrected chi connectivity index (χ4v) is 10.0. The van der Waals surface area contributed by atoms with Gasteiger partial charge < -0.3 is 13.7 Å². The molecule has 3 nitrogen and oxygen atoms in total. The molecule has 17 heteroatoms. The third-order valence-corrected chi connectivity index (χ3v) is 13.0. The van der Waals surface area contributed by atoms with Crippen LogP contribution in [0.3, 0.4) is 0 Å². The summed E-state index contributed by atoms with van der Waals surface area (Å²) in [6, 6.07) is 33.5. The number of benzene rings is 8. The molecule has 0 saturated heterocycles. The smallest absolute Gasteiger partial charge is 0.115 e. The SMILES string of the molecule is [B]c1c([B])c([B])c2c(c1[B])c1c([B])c(-c3c([B])c([B])c4c(c3[B])c3c([B])c([B])c([B])c([B])c3n4-c3cccc4c5ccccc5n(-c5ccccc5)c34)c([B])c([B])c1n2-c1ccccc1. The Bertz CT molecular complexity index is 3930. The molecule has 0 unspecified atom stereocenters. The van der Waals surface area contributed by atoms with Crippen molar-refractivity contribution in [2.75, 3.05) is 0 Å². The van der Waals surface area contributed by atoms with Crippen LogP contribution in [0.1, 0.15) is 0 Å². The predicted molar refractivity (Wildman–Crippen MR) is 290 cm³/mol. The second-order valence-electron chi connectivity index (χ2n) is 16.3. The monoisotopic (exact) mass is 789 g/mol. The van der Waals surface area contributed by atoms with Crippen LogP contribution in [-0.4, -0.2) is 124 Å². The van der Waals surface area contributed by atoms with Gasteiger partial charge >= 0.3 is 0 Å². The highest BCUT2D eigenvalue weighted by molar-refractivity contribution is 6.72. The highest BCUT2D eigenvalue weighted by Crippen LogP contribution is 2.39. The molecule has 0 spiro atoms. The fourth-order valence-electron chi connectivity index (χ4n) is 10.0. The minimum atomic E-state index is 0.0353. The normalized spacial score (nSPS) is 11.9. The van der Waals surface area contributed by atoms with Crippen LogP contribution >= 0.6 is 0 Å². The molecule has 65 heavy (non-hydrogen) atoms. The lowest BCUT2D eigenvalue weighted by Gasteiger charge is -2.25. The second kappa shape index (κ2) is 14.8. The van der Waals surface area contributed by atoms with Crippen LogP contribution in [0, 0.1) is 0 Å². The molecule has 3 heterocycles. The van der Waals surface area contributed by atoms with Crippen molar-refractivity contribution in [2.24, 2.45) is 0 Å². The Morgan fingerprint density at radius 1 is 0.246 bits per heavy atom. The summed E-state index contributed by atoms with van der Waals surface area (Å²) in [7, 11) is 97.5. The molecule has 28 radical (unpaired) electrons. The zero-order chi connectivity index (χ0) is 45.7. The highest BCUT2D eigenvalue weighted by atomic mass is 15.1. The van der Waals surface area contributed by atoms with Crippen molar-refractivity contribution in [3.63, 3.8) is 0 Å². The second-order valence-corrected chi connectivity index (χ2v) is 16.3. The van der Waals surface area contributed by atoms with Crippen molar-refractivity contribution in [2.45, 2.75) is 0 Å². The predicted octanol–water partition coefficient (Wildman–Crippen LogP) is -4.24. The Morgan fingerprint density at radius 3 is 1.11 bits per heavy atom. The first-order valence-corrected chi connectivity index (χ1v) is 20.4. The molecule has 0 bridgehead atoms. The zero-order valence-corrected chi connectivity index (χ0v) is 34.7. The van der Waals surface area contributed by atoms with Crippen LogP contribution in [0.2, 0.25) is 0 Å². The molecule has 0 fully saturated rings. The van der Waals surface area contributed by atoms with Gasteiger partial charge in [0, 0.05) is 55.0 Å². The molecule has 0 atom stereocenters. The summed E-state index contributed by atoms with van der Waals surface area (Å²) in [6.45, 7) is 0. The first-order valence-electron chi connectivity index (χ1n) is 20.4. The number of rotatable bonds is 4. The minimum absolute atomic E-state index is 0.0353. The Morgan fingerprint density at radius 2 is 0.615 bits per heavy atom. The van der Waals surface area contributed by atoms with Crippen LogP contribution in [-0.2, 0) is 0 Å². The molecule has 0 aliphatic heterocycles. The van der Waals surface area contributed by atoms with E-state index in [4.69, 9.17) is 110 Å². The quantitative estimate of drug-likeness (QED) is 0.161. The van der Waals surface area contributed by atoms with E-state index >= 15 is 0 Å². The minimum Gasteiger partial charge on any atom is -0.311 e. The average Bonchev–Trinajstić information content (AvgIpc) is 3.99. The van der Waals surface area contributed by atoms with Gasteiger partial charge in [0.15, 0.2) is 0 Å².